The van der Waals surface area contributed by atoms with Crippen molar-refractivity contribution in [2.24, 2.45) is 0 Å². The number of hydrogen-bond donors (Lipinski definition) is 0. The van der Waals surface area contributed by atoms with Crippen LogP contribution >= 0.6 is 11.8 Å². The Hall–Kier alpha value is -2.67. The van der Waals surface area contributed by atoms with Gasteiger partial charge in [-0.05, 0) is 38.3 Å². The van der Waals surface area contributed by atoms with Crippen LogP contribution in [0, 0.1) is 13.8 Å². The van der Waals surface area contributed by atoms with Crippen LogP contribution in [0.1, 0.15) is 47.2 Å². The van der Waals surface area contributed by atoms with Crippen LogP contribution in [0.25, 0.3) is 5.78 Å². The van der Waals surface area contributed by atoms with Gasteiger partial charge in [0.2, 0.25) is 5.78 Å². The fourth-order valence-electron chi connectivity index (χ4n) is 3.49. The van der Waals surface area contributed by atoms with E-state index in [1.807, 2.05) is 17.4 Å². The van der Waals surface area contributed by atoms with Gasteiger partial charge in [0.1, 0.15) is 5.82 Å². The van der Waals surface area contributed by atoms with Gasteiger partial charge in [-0.15, -0.1) is 10.2 Å². The number of rotatable bonds is 6. The first kappa shape index (κ1) is 17.4. The number of thioether (sulfide) groups is 1. The summed E-state index contributed by atoms with van der Waals surface area (Å²) in [6.45, 7) is 4.90. The summed E-state index contributed by atoms with van der Waals surface area (Å²) in [7, 11) is 0. The van der Waals surface area contributed by atoms with Gasteiger partial charge in [0.25, 0.3) is 0 Å². The molecule has 0 atom stereocenters. The smallest absolute Gasteiger partial charge is 0.234 e. The third-order valence-electron chi connectivity index (χ3n) is 5.03. The molecular weight excluding hydrogens is 368 g/mol. The summed E-state index contributed by atoms with van der Waals surface area (Å²) in [6.07, 6.45) is 4.51. The van der Waals surface area contributed by atoms with E-state index in [9.17, 15) is 0 Å². The topological polar surface area (TPSA) is 60.9 Å². The molecule has 1 aliphatic rings. The first-order valence-electron chi connectivity index (χ1n) is 9.59. The Morgan fingerprint density at radius 1 is 1.07 bits per heavy atom. The maximum absolute atomic E-state index is 4.69. The van der Waals surface area contributed by atoms with E-state index in [0.29, 0.717) is 5.92 Å². The van der Waals surface area contributed by atoms with Gasteiger partial charge in [-0.3, -0.25) is 4.40 Å². The second-order valence-electron chi connectivity index (χ2n) is 7.42. The van der Waals surface area contributed by atoms with Gasteiger partial charge in [-0.25, -0.2) is 9.97 Å². The normalized spacial score (nSPS) is 14.1. The SMILES string of the molecule is Cc1cc(C)n2cc(CSc3nnc(C4CC4)n3Cc3ccccc3)nc2n1. The molecule has 1 aromatic carbocycles. The molecule has 28 heavy (non-hydrogen) atoms. The Kier molecular flexibility index (Phi) is 4.39. The Labute approximate surface area is 168 Å². The minimum atomic E-state index is 0.565. The predicted octanol–water partition coefficient (Wildman–Crippen LogP) is 4.16. The minimum Gasteiger partial charge on any atom is -0.301 e. The summed E-state index contributed by atoms with van der Waals surface area (Å²) in [5.74, 6) is 3.20. The standard InChI is InChI=1S/C21H22N6S/c1-14-10-15(2)26-12-18(23-20(26)22-14)13-28-21-25-24-19(17-8-9-17)27(21)11-16-6-4-3-5-7-16/h3-7,10,12,17H,8-9,11,13H2,1-2H3. The highest BCUT2D eigenvalue weighted by Gasteiger charge is 2.30. The summed E-state index contributed by atoms with van der Waals surface area (Å²) < 4.78 is 4.33. The van der Waals surface area contributed by atoms with Crippen molar-refractivity contribution in [3.63, 3.8) is 0 Å². The van der Waals surface area contributed by atoms with Gasteiger partial charge in [0, 0.05) is 29.3 Å². The van der Waals surface area contributed by atoms with Crippen LogP contribution in [0.2, 0.25) is 0 Å². The maximum atomic E-state index is 4.69. The van der Waals surface area contributed by atoms with Crippen LogP contribution in [-0.4, -0.2) is 29.1 Å². The maximum Gasteiger partial charge on any atom is 0.234 e. The molecule has 0 spiro atoms. The molecule has 3 aromatic heterocycles. The van der Waals surface area contributed by atoms with Crippen molar-refractivity contribution in [2.45, 2.75) is 50.1 Å². The Morgan fingerprint density at radius 3 is 2.68 bits per heavy atom. The lowest BCUT2D eigenvalue weighted by molar-refractivity contribution is 0.667. The lowest BCUT2D eigenvalue weighted by Gasteiger charge is -2.09. The van der Waals surface area contributed by atoms with Crippen LogP contribution < -0.4 is 0 Å². The van der Waals surface area contributed by atoms with Crippen LogP contribution in [0.15, 0.2) is 47.8 Å². The largest absolute Gasteiger partial charge is 0.301 e. The number of benzene rings is 1. The summed E-state index contributed by atoms with van der Waals surface area (Å²) in [5.41, 5.74) is 4.42. The number of fused-ring (bicyclic) bond motifs is 1. The number of aromatic nitrogens is 6. The van der Waals surface area contributed by atoms with Gasteiger partial charge in [0.05, 0.1) is 12.2 Å². The molecule has 0 saturated heterocycles. The predicted molar refractivity (Wildman–Crippen MR) is 110 cm³/mol. The van der Waals surface area contributed by atoms with Crippen molar-refractivity contribution < 1.29 is 0 Å². The lowest BCUT2D eigenvalue weighted by atomic mass is 10.2. The molecule has 0 N–H and O–H groups in total. The fourth-order valence-corrected chi connectivity index (χ4v) is 4.32. The molecule has 1 aliphatic carbocycles. The van der Waals surface area contributed by atoms with E-state index in [4.69, 9.17) is 4.98 Å². The number of aryl methyl sites for hydroxylation is 2. The van der Waals surface area contributed by atoms with Crippen molar-refractivity contribution in [1.82, 2.24) is 29.1 Å². The Bertz CT molecular complexity index is 1130. The van der Waals surface area contributed by atoms with E-state index >= 15 is 0 Å². The van der Waals surface area contributed by atoms with Crippen molar-refractivity contribution in [1.29, 1.82) is 0 Å². The Morgan fingerprint density at radius 2 is 1.89 bits per heavy atom. The van der Waals surface area contributed by atoms with E-state index < -0.39 is 0 Å². The highest BCUT2D eigenvalue weighted by atomic mass is 32.2. The summed E-state index contributed by atoms with van der Waals surface area (Å²) in [6, 6.07) is 12.6. The molecule has 6 nitrogen and oxygen atoms in total. The van der Waals surface area contributed by atoms with Crippen LogP contribution in [0.4, 0.5) is 0 Å². The molecular formula is C21H22N6S. The third kappa shape index (κ3) is 3.42. The molecule has 4 aromatic rings. The second-order valence-corrected chi connectivity index (χ2v) is 8.36. The van der Waals surface area contributed by atoms with Crippen molar-refractivity contribution in [3.8, 4) is 0 Å². The average molecular weight is 391 g/mol. The third-order valence-corrected chi connectivity index (χ3v) is 6.03. The lowest BCUT2D eigenvalue weighted by Crippen LogP contribution is -2.06. The van der Waals surface area contributed by atoms with Gasteiger partial charge < -0.3 is 4.57 Å². The summed E-state index contributed by atoms with van der Waals surface area (Å²) in [5, 5.41) is 9.97. The molecule has 0 aliphatic heterocycles. The second kappa shape index (κ2) is 7.05. The molecule has 0 unspecified atom stereocenters. The van der Waals surface area contributed by atoms with Gasteiger partial charge in [0.15, 0.2) is 5.16 Å². The number of hydrogen-bond acceptors (Lipinski definition) is 5. The van der Waals surface area contributed by atoms with E-state index in [1.165, 1.54) is 18.4 Å². The highest BCUT2D eigenvalue weighted by Crippen LogP contribution is 2.40. The zero-order valence-electron chi connectivity index (χ0n) is 16.0. The molecule has 0 amide bonds. The number of nitrogens with zero attached hydrogens (tertiary/aromatic N) is 6. The van der Waals surface area contributed by atoms with Crippen molar-refractivity contribution in [3.05, 3.63) is 71.1 Å². The monoisotopic (exact) mass is 390 g/mol. The number of imidazole rings is 1. The quantitative estimate of drug-likeness (QED) is 0.463. The van der Waals surface area contributed by atoms with E-state index in [0.717, 1.165) is 46.1 Å². The molecule has 142 valence electrons. The first-order valence-corrected chi connectivity index (χ1v) is 10.6. The van der Waals surface area contributed by atoms with Crippen LogP contribution in [0.5, 0.6) is 0 Å². The summed E-state index contributed by atoms with van der Waals surface area (Å²) >= 11 is 1.70. The molecule has 0 radical (unpaired) electrons. The van der Waals surface area contributed by atoms with Crippen molar-refractivity contribution in [2.75, 3.05) is 0 Å². The molecule has 0 bridgehead atoms. The van der Waals surface area contributed by atoms with E-state index in [1.54, 1.807) is 11.8 Å². The first-order chi connectivity index (χ1) is 13.7. The zero-order chi connectivity index (χ0) is 19.1. The van der Waals surface area contributed by atoms with Gasteiger partial charge in [-0.1, -0.05) is 42.1 Å². The highest BCUT2D eigenvalue weighted by molar-refractivity contribution is 7.98. The molecule has 1 saturated carbocycles. The molecule has 1 fully saturated rings. The fraction of sp³-hybridized carbons (Fsp3) is 0.333. The van der Waals surface area contributed by atoms with Crippen LogP contribution in [-0.2, 0) is 12.3 Å². The average Bonchev–Trinajstić information content (AvgIpc) is 3.32. The summed E-state index contributed by atoms with van der Waals surface area (Å²) in [4.78, 5) is 9.22. The van der Waals surface area contributed by atoms with Crippen LogP contribution in [0.3, 0.4) is 0 Å². The molecule has 3 heterocycles. The molecule has 5 rings (SSSR count). The van der Waals surface area contributed by atoms with Gasteiger partial charge >= 0.3 is 0 Å². The Balaban J connectivity index is 1.40. The van der Waals surface area contributed by atoms with Gasteiger partial charge in [-0.2, -0.15) is 0 Å². The van der Waals surface area contributed by atoms with E-state index in [-0.39, 0.29) is 0 Å². The van der Waals surface area contributed by atoms with E-state index in [2.05, 4.69) is 63.2 Å². The molecule has 7 heteroatoms. The van der Waals surface area contributed by atoms with Crippen molar-refractivity contribution >= 4 is 17.5 Å². The minimum absolute atomic E-state index is 0.565. The zero-order valence-corrected chi connectivity index (χ0v) is 16.9.